The molecule has 0 radical (unpaired) electrons. The first-order chi connectivity index (χ1) is 7.81. The van der Waals surface area contributed by atoms with Crippen molar-refractivity contribution in [1.29, 1.82) is 0 Å². The van der Waals surface area contributed by atoms with Gasteiger partial charge in [0.25, 0.3) is 0 Å². The van der Waals surface area contributed by atoms with E-state index in [0.29, 0.717) is 5.92 Å². The zero-order valence-corrected chi connectivity index (χ0v) is 9.95. The molecule has 1 aromatic carbocycles. The quantitative estimate of drug-likeness (QED) is 0.698. The van der Waals surface area contributed by atoms with Crippen molar-refractivity contribution in [1.82, 2.24) is 4.90 Å². The van der Waals surface area contributed by atoms with Crippen LogP contribution in [0.2, 0.25) is 0 Å². The minimum absolute atomic E-state index is 0.670. The van der Waals surface area contributed by atoms with Crippen LogP contribution < -0.4 is 0 Å². The van der Waals surface area contributed by atoms with Crippen LogP contribution in [0.4, 0.5) is 0 Å². The monoisotopic (exact) mass is 213 g/mol. The van der Waals surface area contributed by atoms with Gasteiger partial charge in [-0.1, -0.05) is 30.2 Å². The summed E-state index contributed by atoms with van der Waals surface area (Å²) < 4.78 is 0. The first-order valence-electron chi connectivity index (χ1n) is 6.01. The van der Waals surface area contributed by atoms with Crippen LogP contribution in [0.5, 0.6) is 0 Å². The number of benzene rings is 1. The molecular formula is C15H19N. The molecule has 0 amide bonds. The molecule has 2 rings (SSSR count). The average Bonchev–Trinajstić information content (AvgIpc) is 2.30. The number of hydrogen-bond donors (Lipinski definition) is 0. The second kappa shape index (κ2) is 5.18. The smallest absolute Gasteiger partial charge is 0.0596 e. The number of hydrogen-bond acceptors (Lipinski definition) is 1. The lowest BCUT2D eigenvalue weighted by molar-refractivity contribution is 0.329. The fourth-order valence-corrected chi connectivity index (χ4v) is 2.64. The predicted molar refractivity (Wildman–Crippen MR) is 68.5 cm³/mol. The van der Waals surface area contributed by atoms with Crippen LogP contribution in [0.15, 0.2) is 24.3 Å². The number of fused-ring (bicyclic) bond motifs is 1. The van der Waals surface area contributed by atoms with Crippen LogP contribution >= 0.6 is 0 Å². The Morgan fingerprint density at radius 3 is 3.06 bits per heavy atom. The van der Waals surface area contributed by atoms with E-state index in [1.165, 1.54) is 30.4 Å². The molecule has 0 fully saturated rings. The highest BCUT2D eigenvalue weighted by Crippen LogP contribution is 2.31. The zero-order chi connectivity index (χ0) is 11.4. The maximum atomic E-state index is 5.34. The standard InChI is InChI=1S/C15H19N/c1-3-11-16(2)12-14-9-6-8-13-7-4-5-10-15(13)14/h1,4-5,7,10,14H,6,8-9,11-12H2,2H3. The van der Waals surface area contributed by atoms with Gasteiger partial charge in [-0.2, -0.15) is 0 Å². The molecule has 1 nitrogen and oxygen atoms in total. The van der Waals surface area contributed by atoms with E-state index in [-0.39, 0.29) is 0 Å². The Morgan fingerprint density at radius 2 is 2.25 bits per heavy atom. The van der Waals surface area contributed by atoms with Gasteiger partial charge in [-0.3, -0.25) is 4.90 Å². The van der Waals surface area contributed by atoms with Crippen LogP contribution in [-0.2, 0) is 6.42 Å². The van der Waals surface area contributed by atoms with Crippen molar-refractivity contribution in [3.63, 3.8) is 0 Å². The first kappa shape index (κ1) is 11.2. The molecular weight excluding hydrogens is 194 g/mol. The second-order valence-corrected chi connectivity index (χ2v) is 4.69. The SMILES string of the molecule is C#CCN(C)CC1CCCc2ccccc21. The molecule has 0 aliphatic heterocycles. The van der Waals surface area contributed by atoms with E-state index in [1.807, 2.05) is 0 Å². The Kier molecular flexibility index (Phi) is 3.64. The lowest BCUT2D eigenvalue weighted by atomic mass is 9.82. The molecule has 1 aliphatic carbocycles. The van der Waals surface area contributed by atoms with Crippen molar-refractivity contribution >= 4 is 0 Å². The molecule has 0 aromatic heterocycles. The van der Waals surface area contributed by atoms with Gasteiger partial charge in [0, 0.05) is 6.54 Å². The summed E-state index contributed by atoms with van der Waals surface area (Å²) in [7, 11) is 2.11. The molecule has 1 aromatic rings. The van der Waals surface area contributed by atoms with Crippen molar-refractivity contribution in [2.45, 2.75) is 25.2 Å². The van der Waals surface area contributed by atoms with Crippen molar-refractivity contribution in [3.05, 3.63) is 35.4 Å². The van der Waals surface area contributed by atoms with Crippen molar-refractivity contribution in [3.8, 4) is 12.3 Å². The van der Waals surface area contributed by atoms with Crippen molar-refractivity contribution < 1.29 is 0 Å². The summed E-state index contributed by atoms with van der Waals surface area (Å²) in [5.74, 6) is 3.38. The van der Waals surface area contributed by atoms with Crippen molar-refractivity contribution in [2.24, 2.45) is 0 Å². The maximum absolute atomic E-state index is 5.34. The highest BCUT2D eigenvalue weighted by atomic mass is 15.1. The number of terminal acetylenes is 1. The van der Waals surface area contributed by atoms with Gasteiger partial charge in [0.1, 0.15) is 0 Å². The molecule has 0 N–H and O–H groups in total. The van der Waals surface area contributed by atoms with Crippen LogP contribution in [0.3, 0.4) is 0 Å². The van der Waals surface area contributed by atoms with Gasteiger partial charge in [-0.25, -0.2) is 0 Å². The van der Waals surface area contributed by atoms with Gasteiger partial charge in [-0.05, 0) is 43.4 Å². The summed E-state index contributed by atoms with van der Waals surface area (Å²) in [5.41, 5.74) is 3.07. The molecule has 1 aliphatic rings. The zero-order valence-electron chi connectivity index (χ0n) is 9.95. The van der Waals surface area contributed by atoms with Gasteiger partial charge in [0.15, 0.2) is 0 Å². The van der Waals surface area contributed by atoms with E-state index < -0.39 is 0 Å². The second-order valence-electron chi connectivity index (χ2n) is 4.69. The molecule has 1 heteroatoms. The van der Waals surface area contributed by atoms with Crippen LogP contribution in [-0.4, -0.2) is 25.0 Å². The summed E-state index contributed by atoms with van der Waals surface area (Å²) in [6, 6.07) is 8.84. The number of likely N-dealkylation sites (N-methyl/N-ethyl adjacent to an activating group) is 1. The topological polar surface area (TPSA) is 3.24 Å². The first-order valence-corrected chi connectivity index (χ1v) is 6.01. The third-order valence-electron chi connectivity index (χ3n) is 3.39. The lowest BCUT2D eigenvalue weighted by Crippen LogP contribution is -2.27. The van der Waals surface area contributed by atoms with Gasteiger partial charge >= 0.3 is 0 Å². The molecule has 84 valence electrons. The predicted octanol–water partition coefficient (Wildman–Crippen LogP) is 2.67. The third kappa shape index (κ3) is 2.46. The van der Waals surface area contributed by atoms with Crippen molar-refractivity contribution in [2.75, 3.05) is 20.1 Å². The largest absolute Gasteiger partial charge is 0.295 e. The minimum Gasteiger partial charge on any atom is -0.295 e. The summed E-state index contributed by atoms with van der Waals surface area (Å²) in [6.45, 7) is 1.83. The molecule has 1 unspecified atom stereocenters. The molecule has 0 heterocycles. The highest BCUT2D eigenvalue weighted by Gasteiger charge is 2.20. The average molecular weight is 213 g/mol. The molecule has 1 atom stereocenters. The fourth-order valence-electron chi connectivity index (χ4n) is 2.64. The Labute approximate surface area is 98.5 Å². The van der Waals surface area contributed by atoms with Gasteiger partial charge in [0.2, 0.25) is 0 Å². The van der Waals surface area contributed by atoms with E-state index in [0.717, 1.165) is 13.1 Å². The van der Waals surface area contributed by atoms with Crippen LogP contribution in [0, 0.1) is 12.3 Å². The summed E-state index contributed by atoms with van der Waals surface area (Å²) in [5, 5.41) is 0. The summed E-state index contributed by atoms with van der Waals surface area (Å²) >= 11 is 0. The van der Waals surface area contributed by atoms with E-state index in [4.69, 9.17) is 6.42 Å². The number of rotatable bonds is 3. The van der Waals surface area contributed by atoms with E-state index in [1.54, 1.807) is 0 Å². The maximum Gasteiger partial charge on any atom is 0.0596 e. The highest BCUT2D eigenvalue weighted by molar-refractivity contribution is 5.32. The Hall–Kier alpha value is -1.26. The molecule has 0 bridgehead atoms. The Bertz CT molecular complexity index is 389. The normalized spacial score (nSPS) is 19.2. The fraction of sp³-hybridized carbons (Fsp3) is 0.467. The van der Waals surface area contributed by atoms with Gasteiger partial charge < -0.3 is 0 Å². The van der Waals surface area contributed by atoms with E-state index in [2.05, 4.69) is 42.1 Å². The summed E-state index contributed by atoms with van der Waals surface area (Å²) in [6.07, 6.45) is 9.19. The molecule has 16 heavy (non-hydrogen) atoms. The van der Waals surface area contributed by atoms with Crippen LogP contribution in [0.25, 0.3) is 0 Å². The van der Waals surface area contributed by atoms with E-state index in [9.17, 15) is 0 Å². The lowest BCUT2D eigenvalue weighted by Gasteiger charge is -2.28. The number of aryl methyl sites for hydroxylation is 1. The Balaban J connectivity index is 2.10. The minimum atomic E-state index is 0.670. The molecule has 0 saturated heterocycles. The van der Waals surface area contributed by atoms with E-state index >= 15 is 0 Å². The summed E-state index contributed by atoms with van der Waals surface area (Å²) in [4.78, 5) is 2.24. The molecule has 0 spiro atoms. The number of nitrogens with zero attached hydrogens (tertiary/aromatic N) is 1. The van der Waals surface area contributed by atoms with Gasteiger partial charge in [-0.15, -0.1) is 6.42 Å². The third-order valence-corrected chi connectivity index (χ3v) is 3.39. The van der Waals surface area contributed by atoms with Crippen LogP contribution in [0.1, 0.15) is 29.9 Å². The molecule has 0 saturated carbocycles. The Morgan fingerprint density at radius 1 is 1.44 bits per heavy atom. The van der Waals surface area contributed by atoms with Gasteiger partial charge in [0.05, 0.1) is 6.54 Å².